The van der Waals surface area contributed by atoms with Crippen LogP contribution in [-0.4, -0.2) is 67.7 Å². The van der Waals surface area contributed by atoms with Crippen molar-refractivity contribution in [3.8, 4) is 5.75 Å². The third-order valence-corrected chi connectivity index (χ3v) is 8.95. The van der Waals surface area contributed by atoms with Crippen LogP contribution in [0.25, 0.3) is 12.2 Å². The molecule has 0 spiro atoms. The van der Waals surface area contributed by atoms with Crippen LogP contribution >= 0.6 is 0 Å². The van der Waals surface area contributed by atoms with Crippen LogP contribution in [0.5, 0.6) is 5.75 Å². The van der Waals surface area contributed by atoms with Crippen LogP contribution in [0.15, 0.2) is 71.6 Å². The highest BCUT2D eigenvalue weighted by Crippen LogP contribution is 2.34. The number of urea groups is 1. The van der Waals surface area contributed by atoms with E-state index in [1.807, 2.05) is 42.5 Å². The number of likely N-dealkylation sites (N-methyl/N-ethyl adjacent to an activating group) is 1. The van der Waals surface area contributed by atoms with E-state index in [9.17, 15) is 27.1 Å². The molecule has 0 saturated heterocycles. The molecule has 0 saturated carbocycles. The smallest absolute Gasteiger partial charge is 0.321 e. The molecular weight excluding hydrogens is 552 g/mol. The number of amides is 2. The van der Waals surface area contributed by atoms with Gasteiger partial charge in [0, 0.05) is 31.6 Å². The number of fused-ring (bicyclic) bond motifs is 1. The Morgan fingerprint density at radius 2 is 1.83 bits per heavy atom. The molecule has 0 unspecified atom stereocenters. The first-order valence-corrected chi connectivity index (χ1v) is 14.6. The van der Waals surface area contributed by atoms with Crippen molar-refractivity contribution in [3.05, 3.63) is 89.5 Å². The number of aliphatic hydroxyl groups is 1. The Labute approximate surface area is 238 Å². The quantitative estimate of drug-likeness (QED) is 0.378. The molecule has 3 aromatic carbocycles. The van der Waals surface area contributed by atoms with Crippen molar-refractivity contribution in [1.82, 2.24) is 9.21 Å². The Balaban J connectivity index is 1.65. The molecular formula is C30H33F2N3O5S. The Morgan fingerprint density at radius 3 is 2.54 bits per heavy atom. The second-order valence-electron chi connectivity index (χ2n) is 10.1. The first-order valence-electron chi connectivity index (χ1n) is 13.1. The fourth-order valence-electron chi connectivity index (χ4n) is 4.48. The minimum absolute atomic E-state index is 0.00878. The first-order chi connectivity index (χ1) is 19.5. The number of anilines is 1. The molecule has 1 aliphatic rings. The molecule has 3 aromatic rings. The molecule has 0 fully saturated rings. The summed E-state index contributed by atoms with van der Waals surface area (Å²) in [7, 11) is -2.56. The Morgan fingerprint density at radius 1 is 1.12 bits per heavy atom. The summed E-state index contributed by atoms with van der Waals surface area (Å²) in [5.74, 6) is -1.80. The van der Waals surface area contributed by atoms with Gasteiger partial charge in [-0.1, -0.05) is 55.5 Å². The van der Waals surface area contributed by atoms with Gasteiger partial charge in [0.2, 0.25) is 10.0 Å². The van der Waals surface area contributed by atoms with E-state index in [1.54, 1.807) is 26.0 Å². The maximum absolute atomic E-state index is 14.1. The summed E-state index contributed by atoms with van der Waals surface area (Å²) in [4.78, 5) is 14.1. The van der Waals surface area contributed by atoms with Gasteiger partial charge in [0.05, 0.1) is 18.8 Å². The van der Waals surface area contributed by atoms with Crippen molar-refractivity contribution in [2.24, 2.45) is 5.92 Å². The standard InChI is InChI=1S/C30H33F2N3O5S/c1-20-17-35(21(2)19-36)41(38,39)29-14-11-23(10-9-22-7-5-4-6-8-22)15-27(29)40-28(20)18-34(3)30(37)33-26-16-24(31)12-13-25(26)32/h4-16,20-21,28,36H,17-19H2,1-3H3,(H,33,37)/b10-9+/t20-,21-,28-/m1/s1. The van der Waals surface area contributed by atoms with E-state index in [2.05, 4.69) is 5.32 Å². The molecule has 8 nitrogen and oxygen atoms in total. The SMILES string of the molecule is C[C@@H]1CN([C@H](C)CO)S(=O)(=O)c2ccc(/C=C/c3ccccc3)cc2O[C@@H]1CN(C)C(=O)Nc1cc(F)ccc1F. The highest BCUT2D eigenvalue weighted by atomic mass is 32.2. The molecule has 2 amide bonds. The average molecular weight is 586 g/mol. The average Bonchev–Trinajstić information content (AvgIpc) is 2.95. The summed E-state index contributed by atoms with van der Waals surface area (Å²) >= 11 is 0. The van der Waals surface area contributed by atoms with Gasteiger partial charge in [-0.3, -0.25) is 0 Å². The predicted molar refractivity (Wildman–Crippen MR) is 154 cm³/mol. The number of hydrogen-bond acceptors (Lipinski definition) is 5. The molecule has 0 aliphatic carbocycles. The molecule has 3 atom stereocenters. The highest BCUT2D eigenvalue weighted by molar-refractivity contribution is 7.89. The van der Waals surface area contributed by atoms with Crippen LogP contribution < -0.4 is 10.1 Å². The zero-order valence-corrected chi connectivity index (χ0v) is 23.8. The van der Waals surface area contributed by atoms with Gasteiger partial charge in [0.15, 0.2) is 0 Å². The zero-order chi connectivity index (χ0) is 29.7. The molecule has 0 aromatic heterocycles. The Bertz CT molecular complexity index is 1520. The second-order valence-corrected chi connectivity index (χ2v) is 12.0. The number of rotatable bonds is 7. The summed E-state index contributed by atoms with van der Waals surface area (Å²) in [6.45, 7) is 3.06. The summed E-state index contributed by atoms with van der Waals surface area (Å²) < 4.78 is 62.6. The predicted octanol–water partition coefficient (Wildman–Crippen LogP) is 5.07. The monoisotopic (exact) mass is 585 g/mol. The van der Waals surface area contributed by atoms with Crippen LogP contribution in [0.1, 0.15) is 25.0 Å². The van der Waals surface area contributed by atoms with E-state index >= 15 is 0 Å². The van der Waals surface area contributed by atoms with E-state index < -0.39 is 45.8 Å². The molecule has 0 bridgehead atoms. The molecule has 4 rings (SSSR count). The van der Waals surface area contributed by atoms with Crippen molar-refractivity contribution in [2.75, 3.05) is 32.1 Å². The number of sulfonamides is 1. The van der Waals surface area contributed by atoms with Crippen molar-refractivity contribution in [3.63, 3.8) is 0 Å². The molecule has 0 radical (unpaired) electrons. The highest BCUT2D eigenvalue weighted by Gasteiger charge is 2.38. The zero-order valence-electron chi connectivity index (χ0n) is 23.0. The van der Waals surface area contributed by atoms with Gasteiger partial charge < -0.3 is 20.1 Å². The largest absolute Gasteiger partial charge is 0.487 e. The van der Waals surface area contributed by atoms with Crippen LogP contribution in [0.2, 0.25) is 0 Å². The fourth-order valence-corrected chi connectivity index (χ4v) is 6.30. The van der Waals surface area contributed by atoms with E-state index in [0.29, 0.717) is 5.56 Å². The second kappa shape index (κ2) is 12.8. The number of benzene rings is 3. The van der Waals surface area contributed by atoms with Crippen molar-refractivity contribution >= 4 is 33.9 Å². The molecule has 1 heterocycles. The molecule has 2 N–H and O–H groups in total. The molecule has 218 valence electrons. The van der Waals surface area contributed by atoms with Gasteiger partial charge in [-0.15, -0.1) is 0 Å². The number of hydrogen-bond donors (Lipinski definition) is 2. The Kier molecular flexibility index (Phi) is 9.42. The topological polar surface area (TPSA) is 99.2 Å². The van der Waals surface area contributed by atoms with Gasteiger partial charge in [-0.2, -0.15) is 4.31 Å². The number of halogens is 2. The fraction of sp³-hybridized carbons (Fsp3) is 0.300. The lowest BCUT2D eigenvalue weighted by atomic mass is 10.0. The first kappa shape index (κ1) is 30.2. The summed E-state index contributed by atoms with van der Waals surface area (Å²) in [5, 5.41) is 12.2. The Hall–Kier alpha value is -3.80. The number of carbonyl (C=O) groups excluding carboxylic acids is 1. The maximum Gasteiger partial charge on any atom is 0.321 e. The lowest BCUT2D eigenvalue weighted by Gasteiger charge is -2.37. The van der Waals surface area contributed by atoms with E-state index in [1.165, 1.54) is 22.3 Å². The lowest BCUT2D eigenvalue weighted by Crippen LogP contribution is -2.50. The van der Waals surface area contributed by atoms with Gasteiger partial charge >= 0.3 is 6.03 Å². The van der Waals surface area contributed by atoms with Crippen molar-refractivity contribution in [1.29, 1.82) is 0 Å². The number of nitrogens with zero attached hydrogens (tertiary/aromatic N) is 2. The normalized spacial score (nSPS) is 19.5. The summed E-state index contributed by atoms with van der Waals surface area (Å²) in [6.07, 6.45) is 3.05. The number of ether oxygens (including phenoxy) is 1. The number of nitrogens with one attached hydrogen (secondary N) is 1. The number of aliphatic hydroxyl groups excluding tert-OH is 1. The number of carbonyl (C=O) groups is 1. The molecule has 41 heavy (non-hydrogen) atoms. The van der Waals surface area contributed by atoms with E-state index in [0.717, 1.165) is 23.8 Å². The van der Waals surface area contributed by atoms with Crippen LogP contribution in [0, 0.1) is 17.6 Å². The van der Waals surface area contributed by atoms with Crippen LogP contribution in [-0.2, 0) is 10.0 Å². The summed E-state index contributed by atoms with van der Waals surface area (Å²) in [5.41, 5.74) is 1.36. The van der Waals surface area contributed by atoms with Crippen LogP contribution in [0.3, 0.4) is 0 Å². The van der Waals surface area contributed by atoms with Gasteiger partial charge in [0.25, 0.3) is 0 Å². The molecule has 11 heteroatoms. The molecule has 1 aliphatic heterocycles. The minimum Gasteiger partial charge on any atom is -0.487 e. The third-order valence-electron chi connectivity index (χ3n) is 6.93. The lowest BCUT2D eigenvalue weighted by molar-refractivity contribution is 0.0830. The van der Waals surface area contributed by atoms with Crippen molar-refractivity contribution < 1.29 is 31.8 Å². The van der Waals surface area contributed by atoms with Crippen LogP contribution in [0.4, 0.5) is 19.3 Å². The minimum atomic E-state index is -4.03. The van der Waals surface area contributed by atoms with E-state index in [4.69, 9.17) is 4.74 Å². The van der Waals surface area contributed by atoms with Gasteiger partial charge in [-0.25, -0.2) is 22.0 Å². The van der Waals surface area contributed by atoms with Gasteiger partial charge in [0.1, 0.15) is 28.4 Å². The van der Waals surface area contributed by atoms with Crippen molar-refractivity contribution in [2.45, 2.75) is 30.9 Å². The van der Waals surface area contributed by atoms with Gasteiger partial charge in [-0.05, 0) is 42.3 Å². The maximum atomic E-state index is 14.1. The third kappa shape index (κ3) is 7.10. The van der Waals surface area contributed by atoms with E-state index in [-0.39, 0.29) is 36.0 Å². The summed E-state index contributed by atoms with van der Waals surface area (Å²) in [6, 6.07) is 15.7.